The average Bonchev–Trinajstić information content (AvgIpc) is 2.82. The van der Waals surface area contributed by atoms with Crippen LogP contribution in [0, 0.1) is 5.92 Å². The summed E-state index contributed by atoms with van der Waals surface area (Å²) in [6.45, 7) is 3.45. The second-order valence-corrected chi connectivity index (χ2v) is 5.20. The highest BCUT2D eigenvalue weighted by Crippen LogP contribution is 2.27. The van der Waals surface area contributed by atoms with E-state index in [1.165, 1.54) is 0 Å². The SMILES string of the molecule is COC(C(=O)N1CC(CN)CC1C)c1ccccc1. The number of likely N-dealkylation sites (tertiary alicyclic amines) is 1. The molecule has 1 aromatic rings. The van der Waals surface area contributed by atoms with Gasteiger partial charge in [-0.2, -0.15) is 0 Å². The van der Waals surface area contributed by atoms with Crippen molar-refractivity contribution in [3.8, 4) is 0 Å². The maximum atomic E-state index is 12.6. The number of methoxy groups -OCH3 is 1. The van der Waals surface area contributed by atoms with Crippen LogP contribution in [0.15, 0.2) is 30.3 Å². The zero-order valence-electron chi connectivity index (χ0n) is 11.6. The summed E-state index contributed by atoms with van der Waals surface area (Å²) in [7, 11) is 1.58. The molecule has 2 N–H and O–H groups in total. The molecule has 0 aromatic heterocycles. The largest absolute Gasteiger partial charge is 0.367 e. The van der Waals surface area contributed by atoms with Crippen LogP contribution < -0.4 is 5.73 Å². The zero-order chi connectivity index (χ0) is 13.8. The first kappa shape index (κ1) is 14.0. The number of hydrogen-bond donors (Lipinski definition) is 1. The number of ether oxygens (including phenoxy) is 1. The van der Waals surface area contributed by atoms with E-state index in [1.807, 2.05) is 35.2 Å². The van der Waals surface area contributed by atoms with E-state index < -0.39 is 6.10 Å². The number of nitrogens with zero attached hydrogens (tertiary/aromatic N) is 1. The molecule has 1 saturated heterocycles. The summed E-state index contributed by atoms with van der Waals surface area (Å²) in [5, 5.41) is 0. The number of benzene rings is 1. The third-order valence-electron chi connectivity index (χ3n) is 3.84. The molecular formula is C15H22N2O2. The summed E-state index contributed by atoms with van der Waals surface area (Å²) in [5.41, 5.74) is 6.61. The predicted molar refractivity (Wildman–Crippen MR) is 74.5 cm³/mol. The normalized spacial score (nSPS) is 24.5. The minimum atomic E-state index is -0.514. The molecule has 104 valence electrons. The molecule has 4 nitrogen and oxygen atoms in total. The summed E-state index contributed by atoms with van der Waals surface area (Å²) >= 11 is 0. The van der Waals surface area contributed by atoms with Crippen LogP contribution in [0.1, 0.15) is 25.0 Å². The van der Waals surface area contributed by atoms with Crippen molar-refractivity contribution in [1.82, 2.24) is 4.90 Å². The van der Waals surface area contributed by atoms with Crippen molar-refractivity contribution in [1.29, 1.82) is 0 Å². The highest BCUT2D eigenvalue weighted by molar-refractivity contribution is 5.83. The highest BCUT2D eigenvalue weighted by atomic mass is 16.5. The Kier molecular flexibility index (Phi) is 4.56. The molecule has 3 atom stereocenters. The van der Waals surface area contributed by atoms with Gasteiger partial charge in [-0.25, -0.2) is 0 Å². The van der Waals surface area contributed by atoms with E-state index in [4.69, 9.17) is 10.5 Å². The fourth-order valence-corrected chi connectivity index (χ4v) is 2.78. The maximum absolute atomic E-state index is 12.6. The quantitative estimate of drug-likeness (QED) is 0.896. The topological polar surface area (TPSA) is 55.6 Å². The molecule has 2 rings (SSSR count). The second-order valence-electron chi connectivity index (χ2n) is 5.20. The second kappa shape index (κ2) is 6.17. The molecule has 0 saturated carbocycles. The molecular weight excluding hydrogens is 240 g/mol. The van der Waals surface area contributed by atoms with Crippen molar-refractivity contribution in [2.45, 2.75) is 25.5 Å². The molecule has 19 heavy (non-hydrogen) atoms. The molecule has 1 aromatic carbocycles. The lowest BCUT2D eigenvalue weighted by Gasteiger charge is -2.26. The number of carbonyl (C=O) groups excluding carboxylic acids is 1. The van der Waals surface area contributed by atoms with Gasteiger partial charge in [0.25, 0.3) is 5.91 Å². The molecule has 1 aliphatic heterocycles. The Bertz CT molecular complexity index is 421. The van der Waals surface area contributed by atoms with Crippen LogP contribution in [0.2, 0.25) is 0 Å². The number of carbonyl (C=O) groups is 1. The zero-order valence-corrected chi connectivity index (χ0v) is 11.6. The minimum absolute atomic E-state index is 0.0390. The fourth-order valence-electron chi connectivity index (χ4n) is 2.78. The first-order chi connectivity index (χ1) is 9.17. The number of hydrogen-bond acceptors (Lipinski definition) is 3. The van der Waals surface area contributed by atoms with Crippen LogP contribution in [0.25, 0.3) is 0 Å². The van der Waals surface area contributed by atoms with Gasteiger partial charge in [-0.3, -0.25) is 4.79 Å². The molecule has 1 amide bonds. The van der Waals surface area contributed by atoms with Crippen molar-refractivity contribution in [2.24, 2.45) is 11.7 Å². The van der Waals surface area contributed by atoms with Crippen LogP contribution in [-0.4, -0.2) is 37.0 Å². The fraction of sp³-hybridized carbons (Fsp3) is 0.533. The lowest BCUT2D eigenvalue weighted by atomic mass is 10.1. The smallest absolute Gasteiger partial charge is 0.256 e. The number of nitrogens with two attached hydrogens (primary N) is 1. The van der Waals surface area contributed by atoms with E-state index in [1.54, 1.807) is 7.11 Å². The Morgan fingerprint density at radius 3 is 2.68 bits per heavy atom. The number of rotatable bonds is 4. The Balaban J connectivity index is 2.14. The van der Waals surface area contributed by atoms with Gasteiger partial charge in [0.05, 0.1) is 0 Å². The Morgan fingerprint density at radius 2 is 2.16 bits per heavy atom. The monoisotopic (exact) mass is 262 g/mol. The Morgan fingerprint density at radius 1 is 1.47 bits per heavy atom. The molecule has 1 heterocycles. The molecule has 3 unspecified atom stereocenters. The molecule has 0 spiro atoms. The van der Waals surface area contributed by atoms with Gasteiger partial charge in [-0.15, -0.1) is 0 Å². The highest BCUT2D eigenvalue weighted by Gasteiger charge is 2.35. The third-order valence-corrected chi connectivity index (χ3v) is 3.84. The van der Waals surface area contributed by atoms with Gasteiger partial charge in [0.15, 0.2) is 6.10 Å². The van der Waals surface area contributed by atoms with Gasteiger partial charge in [0.2, 0.25) is 0 Å². The van der Waals surface area contributed by atoms with E-state index in [2.05, 4.69) is 6.92 Å². The molecule has 1 aliphatic rings. The van der Waals surface area contributed by atoms with E-state index in [9.17, 15) is 4.79 Å². The average molecular weight is 262 g/mol. The minimum Gasteiger partial charge on any atom is -0.367 e. The predicted octanol–water partition coefficient (Wildman–Crippen LogP) is 1.57. The van der Waals surface area contributed by atoms with Gasteiger partial charge < -0.3 is 15.4 Å². The van der Waals surface area contributed by atoms with E-state index in [-0.39, 0.29) is 11.9 Å². The summed E-state index contributed by atoms with van der Waals surface area (Å²) in [6.07, 6.45) is 0.466. The van der Waals surface area contributed by atoms with Crippen LogP contribution in [0.5, 0.6) is 0 Å². The Hall–Kier alpha value is -1.39. The summed E-state index contributed by atoms with van der Waals surface area (Å²) in [4.78, 5) is 14.5. The van der Waals surface area contributed by atoms with Gasteiger partial charge >= 0.3 is 0 Å². The van der Waals surface area contributed by atoms with Crippen molar-refractivity contribution in [2.75, 3.05) is 20.2 Å². The standard InChI is InChI=1S/C15H22N2O2/c1-11-8-12(9-16)10-17(11)15(18)14(19-2)13-6-4-3-5-7-13/h3-7,11-12,14H,8-10,16H2,1-2H3. The van der Waals surface area contributed by atoms with Gasteiger partial charge in [-0.1, -0.05) is 30.3 Å². The molecule has 0 bridgehead atoms. The van der Waals surface area contributed by atoms with Crippen molar-refractivity contribution >= 4 is 5.91 Å². The third kappa shape index (κ3) is 2.96. The van der Waals surface area contributed by atoms with Crippen molar-refractivity contribution < 1.29 is 9.53 Å². The van der Waals surface area contributed by atoms with E-state index in [0.29, 0.717) is 12.5 Å². The maximum Gasteiger partial charge on any atom is 0.256 e. The van der Waals surface area contributed by atoms with Gasteiger partial charge in [0.1, 0.15) is 0 Å². The van der Waals surface area contributed by atoms with Crippen LogP contribution in [-0.2, 0) is 9.53 Å². The summed E-state index contributed by atoms with van der Waals surface area (Å²) in [6, 6.07) is 9.86. The molecule has 1 fully saturated rings. The lowest BCUT2D eigenvalue weighted by Crippen LogP contribution is -2.38. The first-order valence-electron chi connectivity index (χ1n) is 6.75. The van der Waals surface area contributed by atoms with Crippen LogP contribution in [0.4, 0.5) is 0 Å². The first-order valence-corrected chi connectivity index (χ1v) is 6.75. The van der Waals surface area contributed by atoms with Crippen LogP contribution in [0.3, 0.4) is 0 Å². The lowest BCUT2D eigenvalue weighted by molar-refractivity contribution is -0.143. The summed E-state index contributed by atoms with van der Waals surface area (Å²) < 4.78 is 5.41. The molecule has 0 aliphatic carbocycles. The number of amides is 1. The van der Waals surface area contributed by atoms with Gasteiger partial charge in [0, 0.05) is 19.7 Å². The van der Waals surface area contributed by atoms with Gasteiger partial charge in [-0.05, 0) is 31.4 Å². The van der Waals surface area contributed by atoms with Crippen molar-refractivity contribution in [3.05, 3.63) is 35.9 Å². The summed E-state index contributed by atoms with van der Waals surface area (Å²) in [5.74, 6) is 0.448. The van der Waals surface area contributed by atoms with Crippen LogP contribution >= 0.6 is 0 Å². The molecule has 0 radical (unpaired) electrons. The molecule has 4 heteroatoms. The van der Waals surface area contributed by atoms with Crippen molar-refractivity contribution in [3.63, 3.8) is 0 Å². The van der Waals surface area contributed by atoms with E-state index in [0.717, 1.165) is 18.5 Å². The Labute approximate surface area is 114 Å². The van der Waals surface area contributed by atoms with E-state index >= 15 is 0 Å².